The number of nitrogens with two attached hydrogens (primary N) is 1. The Morgan fingerprint density at radius 2 is 2.07 bits per heavy atom. The second-order valence-corrected chi connectivity index (χ2v) is 4.57. The highest BCUT2D eigenvalue weighted by Gasteiger charge is 2.16. The van der Waals surface area contributed by atoms with Crippen molar-refractivity contribution >= 4 is 5.82 Å². The first-order valence-corrected chi connectivity index (χ1v) is 5.72. The highest BCUT2D eigenvalue weighted by atomic mass is 15.2. The molecule has 1 aromatic heterocycles. The topological polar surface area (TPSA) is 47.1 Å². The fourth-order valence-corrected chi connectivity index (χ4v) is 2.16. The van der Waals surface area contributed by atoms with Gasteiger partial charge in [0.2, 0.25) is 0 Å². The summed E-state index contributed by atoms with van der Waals surface area (Å²) >= 11 is 0. The van der Waals surface area contributed by atoms with Crippen LogP contribution in [-0.2, 0) is 6.54 Å². The van der Waals surface area contributed by atoms with Gasteiger partial charge < -0.3 is 10.3 Å². The van der Waals surface area contributed by atoms with Gasteiger partial charge in [0.15, 0.2) is 0 Å². The van der Waals surface area contributed by atoms with Crippen LogP contribution < -0.4 is 5.73 Å². The molecule has 0 unspecified atom stereocenters. The summed E-state index contributed by atoms with van der Waals surface area (Å²) < 4.78 is 2.17. The molecule has 0 aliphatic carbocycles. The predicted molar refractivity (Wildman–Crippen MR) is 61.5 cm³/mol. The van der Waals surface area contributed by atoms with Crippen LogP contribution in [0.15, 0.2) is 6.20 Å². The molecule has 2 N–H and O–H groups in total. The molecule has 1 saturated heterocycles. The summed E-state index contributed by atoms with van der Waals surface area (Å²) in [5, 5.41) is 0. The number of hydrogen-bond donors (Lipinski definition) is 1. The van der Waals surface area contributed by atoms with Gasteiger partial charge in [0.1, 0.15) is 11.6 Å². The van der Waals surface area contributed by atoms with Gasteiger partial charge in [-0.05, 0) is 39.8 Å². The fraction of sp³-hybridized carbons (Fsp3) is 0.727. The fourth-order valence-electron chi connectivity index (χ4n) is 2.16. The van der Waals surface area contributed by atoms with Crippen molar-refractivity contribution < 1.29 is 0 Å². The molecule has 0 saturated carbocycles. The molecule has 84 valence electrons. The van der Waals surface area contributed by atoms with E-state index in [1.165, 1.54) is 25.9 Å². The third-order valence-electron chi connectivity index (χ3n) is 2.95. The number of hydrogen-bond acceptors (Lipinski definition) is 3. The SMILES string of the molecule is CC(C)n1cc(N)nc1CN1CCCC1. The van der Waals surface area contributed by atoms with Crippen molar-refractivity contribution in [3.63, 3.8) is 0 Å². The number of imidazole rings is 1. The molecule has 1 fully saturated rings. The van der Waals surface area contributed by atoms with E-state index in [0.29, 0.717) is 11.9 Å². The van der Waals surface area contributed by atoms with Gasteiger partial charge in [0, 0.05) is 12.2 Å². The Morgan fingerprint density at radius 1 is 1.40 bits per heavy atom. The molecule has 0 atom stereocenters. The van der Waals surface area contributed by atoms with Gasteiger partial charge >= 0.3 is 0 Å². The van der Waals surface area contributed by atoms with E-state index in [4.69, 9.17) is 5.73 Å². The lowest BCUT2D eigenvalue weighted by atomic mass is 10.3. The summed E-state index contributed by atoms with van der Waals surface area (Å²) in [5.74, 6) is 1.74. The first kappa shape index (κ1) is 10.5. The molecule has 0 spiro atoms. The second-order valence-electron chi connectivity index (χ2n) is 4.57. The van der Waals surface area contributed by atoms with E-state index in [9.17, 15) is 0 Å². The average molecular weight is 208 g/mol. The summed E-state index contributed by atoms with van der Waals surface area (Å²) in [6.45, 7) is 7.66. The Kier molecular flexibility index (Phi) is 2.95. The maximum absolute atomic E-state index is 5.74. The van der Waals surface area contributed by atoms with E-state index >= 15 is 0 Å². The zero-order valence-electron chi connectivity index (χ0n) is 9.61. The van der Waals surface area contributed by atoms with Crippen molar-refractivity contribution in [2.45, 2.75) is 39.3 Å². The van der Waals surface area contributed by atoms with Crippen LogP contribution in [0.1, 0.15) is 38.6 Å². The Morgan fingerprint density at radius 3 is 2.67 bits per heavy atom. The Hall–Kier alpha value is -1.03. The summed E-state index contributed by atoms with van der Waals surface area (Å²) in [7, 11) is 0. The predicted octanol–water partition coefficient (Wildman–Crippen LogP) is 1.64. The lowest BCUT2D eigenvalue weighted by Gasteiger charge is -2.17. The first-order chi connectivity index (χ1) is 7.16. The first-order valence-electron chi connectivity index (χ1n) is 5.72. The summed E-state index contributed by atoms with van der Waals surface area (Å²) in [5.41, 5.74) is 5.74. The van der Waals surface area contributed by atoms with E-state index in [2.05, 4.69) is 28.3 Å². The van der Waals surface area contributed by atoms with Crippen LogP contribution in [-0.4, -0.2) is 27.5 Å². The molecule has 4 nitrogen and oxygen atoms in total. The number of nitrogens with zero attached hydrogens (tertiary/aromatic N) is 3. The second kappa shape index (κ2) is 4.23. The van der Waals surface area contributed by atoms with E-state index in [1.807, 2.05) is 6.20 Å². The van der Waals surface area contributed by atoms with Crippen LogP contribution in [0.2, 0.25) is 0 Å². The maximum atomic E-state index is 5.74. The van der Waals surface area contributed by atoms with Gasteiger partial charge in [-0.15, -0.1) is 0 Å². The standard InChI is InChI=1S/C11H20N4/c1-9(2)15-7-10(12)13-11(15)8-14-5-3-4-6-14/h7,9H,3-6,8,12H2,1-2H3. The maximum Gasteiger partial charge on any atom is 0.141 e. The minimum Gasteiger partial charge on any atom is -0.382 e. The molecule has 1 aliphatic heterocycles. The summed E-state index contributed by atoms with van der Waals surface area (Å²) in [4.78, 5) is 6.84. The van der Waals surface area contributed by atoms with Crippen LogP contribution in [0, 0.1) is 0 Å². The third-order valence-corrected chi connectivity index (χ3v) is 2.95. The molecular weight excluding hydrogens is 188 g/mol. The molecular formula is C11H20N4. The molecule has 0 amide bonds. The van der Waals surface area contributed by atoms with E-state index < -0.39 is 0 Å². The molecule has 1 aromatic rings. The van der Waals surface area contributed by atoms with E-state index in [-0.39, 0.29) is 0 Å². The van der Waals surface area contributed by atoms with Crippen molar-refractivity contribution in [3.05, 3.63) is 12.0 Å². The van der Waals surface area contributed by atoms with Crippen LogP contribution in [0.4, 0.5) is 5.82 Å². The third kappa shape index (κ3) is 2.31. The number of anilines is 1. The van der Waals surface area contributed by atoms with Gasteiger partial charge in [-0.1, -0.05) is 0 Å². The quantitative estimate of drug-likeness (QED) is 0.821. The minimum atomic E-state index is 0.437. The zero-order valence-corrected chi connectivity index (χ0v) is 9.61. The highest BCUT2D eigenvalue weighted by molar-refractivity contribution is 5.26. The Balaban J connectivity index is 2.11. The Labute approximate surface area is 91.1 Å². The Bertz CT molecular complexity index is 323. The zero-order chi connectivity index (χ0) is 10.8. The number of likely N-dealkylation sites (tertiary alicyclic amines) is 1. The van der Waals surface area contributed by atoms with Crippen LogP contribution in [0.3, 0.4) is 0 Å². The lowest BCUT2D eigenvalue weighted by Crippen LogP contribution is -2.21. The van der Waals surface area contributed by atoms with Crippen molar-refractivity contribution in [1.29, 1.82) is 0 Å². The molecule has 0 bridgehead atoms. The molecule has 2 heterocycles. The summed E-state index contributed by atoms with van der Waals surface area (Å²) in [6, 6.07) is 0.437. The highest BCUT2D eigenvalue weighted by Crippen LogP contribution is 2.17. The molecule has 0 aromatic carbocycles. The monoisotopic (exact) mass is 208 g/mol. The van der Waals surface area contributed by atoms with Gasteiger partial charge in [-0.3, -0.25) is 4.90 Å². The number of nitrogen functional groups attached to an aromatic ring is 1. The summed E-state index contributed by atoms with van der Waals surface area (Å²) in [6.07, 6.45) is 4.58. The van der Waals surface area contributed by atoms with Crippen molar-refractivity contribution in [2.75, 3.05) is 18.8 Å². The van der Waals surface area contributed by atoms with Crippen molar-refractivity contribution in [2.24, 2.45) is 0 Å². The molecule has 1 aliphatic rings. The molecule has 15 heavy (non-hydrogen) atoms. The average Bonchev–Trinajstić information content (AvgIpc) is 2.75. The van der Waals surface area contributed by atoms with Gasteiger partial charge in [0.25, 0.3) is 0 Å². The molecule has 4 heteroatoms. The number of aromatic nitrogens is 2. The van der Waals surface area contributed by atoms with Crippen molar-refractivity contribution in [3.8, 4) is 0 Å². The minimum absolute atomic E-state index is 0.437. The molecule has 0 radical (unpaired) electrons. The smallest absolute Gasteiger partial charge is 0.141 e. The largest absolute Gasteiger partial charge is 0.382 e. The van der Waals surface area contributed by atoms with Gasteiger partial charge in [0.05, 0.1) is 6.54 Å². The van der Waals surface area contributed by atoms with E-state index in [0.717, 1.165) is 12.4 Å². The van der Waals surface area contributed by atoms with Crippen molar-refractivity contribution in [1.82, 2.24) is 14.5 Å². The van der Waals surface area contributed by atoms with Gasteiger partial charge in [-0.25, -0.2) is 4.98 Å². The van der Waals surface area contributed by atoms with E-state index in [1.54, 1.807) is 0 Å². The van der Waals surface area contributed by atoms with Crippen LogP contribution >= 0.6 is 0 Å². The van der Waals surface area contributed by atoms with Crippen LogP contribution in [0.5, 0.6) is 0 Å². The van der Waals surface area contributed by atoms with Gasteiger partial charge in [-0.2, -0.15) is 0 Å². The van der Waals surface area contributed by atoms with Crippen LogP contribution in [0.25, 0.3) is 0 Å². The number of rotatable bonds is 3. The normalized spacial score (nSPS) is 17.8. The lowest BCUT2D eigenvalue weighted by molar-refractivity contribution is 0.313. The molecule has 2 rings (SSSR count).